The number of carboxylic acid groups (broad SMARTS) is 1. The molecule has 0 aliphatic rings. The molecule has 0 radical (unpaired) electrons. The average Bonchev–Trinajstić information content (AvgIpc) is 1.69. The number of halogens is 4. The minimum atomic E-state index is -2.17. The minimum Gasteiger partial charge on any atom is -0.478 e. The van der Waals surface area contributed by atoms with Gasteiger partial charge in [0.05, 0.1) is 0 Å². The topological polar surface area (TPSA) is 37.3 Å². The van der Waals surface area contributed by atoms with Crippen LogP contribution in [-0.2, 0) is 24.3 Å². The fourth-order valence-corrected chi connectivity index (χ4v) is 0. The van der Waals surface area contributed by atoms with Gasteiger partial charge in [-0.05, 0) is 0 Å². The zero-order valence-electron chi connectivity index (χ0n) is 4.78. The van der Waals surface area contributed by atoms with E-state index in [-0.39, 0.29) is 19.5 Å². The molecule has 0 aromatic heterocycles. The number of rotatable bonds is 0. The van der Waals surface area contributed by atoms with Gasteiger partial charge in [0.1, 0.15) is 0 Å². The van der Waals surface area contributed by atoms with Gasteiger partial charge in [-0.2, -0.15) is 0 Å². The predicted octanol–water partition coefficient (Wildman–Crippen LogP) is 2.65. The molecule has 0 unspecified atom stereocenters. The molecule has 0 aliphatic carbocycles. The maximum absolute atomic E-state index is 9.62. The molecule has 2 nitrogen and oxygen atoms in total. The normalized spacial score (nSPS) is 8.50. The molecule has 0 atom stereocenters. The first-order valence-electron chi connectivity index (χ1n) is 1.51. The van der Waals surface area contributed by atoms with Crippen LogP contribution in [0.1, 0.15) is 0 Å². The summed E-state index contributed by atoms with van der Waals surface area (Å²) < 4.78 is -2.17. The predicted molar refractivity (Wildman–Crippen MR) is 47.3 cm³/mol. The van der Waals surface area contributed by atoms with E-state index in [0.29, 0.717) is 0 Å². The first-order chi connectivity index (χ1) is 3.94. The van der Waals surface area contributed by atoms with Gasteiger partial charge in [0.25, 0.3) is 3.79 Å². The molecule has 0 saturated heterocycles. The van der Waals surface area contributed by atoms with Crippen LogP contribution in [0.4, 0.5) is 0 Å². The van der Waals surface area contributed by atoms with Crippen molar-refractivity contribution in [3.63, 3.8) is 0 Å². The summed E-state index contributed by atoms with van der Waals surface area (Å²) in [5.41, 5.74) is 0. The van der Waals surface area contributed by atoms with E-state index in [1.165, 1.54) is 0 Å². The van der Waals surface area contributed by atoms with Crippen LogP contribution < -0.4 is 0 Å². The quantitative estimate of drug-likeness (QED) is 0.308. The summed E-state index contributed by atoms with van der Waals surface area (Å²) in [5.74, 6) is -1.46. The Kier molecular flexibility index (Phi) is 15.5. The van der Waals surface area contributed by atoms with Crippen molar-refractivity contribution in [2.75, 3.05) is 0 Å². The second-order valence-corrected chi connectivity index (χ2v) is 3.08. The molecule has 0 aromatic rings. The molecule has 0 aromatic carbocycles. The summed E-state index contributed by atoms with van der Waals surface area (Å²) in [4.78, 5) is 12.8. The van der Waals surface area contributed by atoms with E-state index in [4.69, 9.17) is 39.9 Å². The standard InChI is InChI=1S/C2HCl3O2.CH2I.Zn/c3-2(4,5)1(6)7;1-2;/h(H,6,7);1H2;/q;-1;. The van der Waals surface area contributed by atoms with Crippen LogP contribution in [0.25, 0.3) is 0 Å². The summed E-state index contributed by atoms with van der Waals surface area (Å²) in [5, 5.41) is 7.85. The SMILES string of the molecule is O=C(O)C(Cl)(Cl)Cl.[CH2-]I.[Zn]. The summed E-state index contributed by atoms with van der Waals surface area (Å²) in [6.07, 6.45) is 0. The Hall–Kier alpha value is 1.69. The van der Waals surface area contributed by atoms with E-state index in [9.17, 15) is 4.79 Å². The fourth-order valence-electron chi connectivity index (χ4n) is 0. The number of hydrogen-bond donors (Lipinski definition) is 1. The van der Waals surface area contributed by atoms with Crippen LogP contribution in [0.15, 0.2) is 0 Å². The Bertz CT molecular complexity index is 94.2. The average molecular weight is 370 g/mol. The van der Waals surface area contributed by atoms with Crippen LogP contribution >= 0.6 is 57.4 Å². The number of hydrogen-bond acceptors (Lipinski definition) is 1. The van der Waals surface area contributed by atoms with Gasteiger partial charge in [-0.15, -0.1) is 0 Å². The van der Waals surface area contributed by atoms with E-state index < -0.39 is 9.76 Å². The van der Waals surface area contributed by atoms with Crippen molar-refractivity contribution in [3.8, 4) is 0 Å². The smallest absolute Gasteiger partial charge is 0.356 e. The van der Waals surface area contributed by atoms with Gasteiger partial charge in [0.15, 0.2) is 0 Å². The molecule has 7 heteroatoms. The van der Waals surface area contributed by atoms with Crippen molar-refractivity contribution in [1.82, 2.24) is 0 Å². The Morgan fingerprint density at radius 1 is 1.40 bits per heavy atom. The molecule has 58 valence electrons. The zero-order valence-corrected chi connectivity index (χ0v) is 12.2. The second-order valence-electron chi connectivity index (χ2n) is 0.803. The van der Waals surface area contributed by atoms with Crippen molar-refractivity contribution in [3.05, 3.63) is 4.93 Å². The summed E-state index contributed by atoms with van der Waals surface area (Å²) in [7, 11) is 0. The molecule has 0 fully saturated rings. The maximum Gasteiger partial charge on any atom is 0.356 e. The van der Waals surface area contributed by atoms with Gasteiger partial charge < -0.3 is 27.7 Å². The van der Waals surface area contributed by atoms with Crippen molar-refractivity contribution < 1.29 is 29.4 Å². The first-order valence-corrected chi connectivity index (χ1v) is 4.17. The van der Waals surface area contributed by atoms with Gasteiger partial charge in [0, 0.05) is 19.5 Å². The number of carbonyl (C=O) groups is 1. The van der Waals surface area contributed by atoms with E-state index in [0.717, 1.165) is 0 Å². The van der Waals surface area contributed by atoms with Crippen molar-refractivity contribution in [2.45, 2.75) is 3.79 Å². The third-order valence-electron chi connectivity index (χ3n) is 0.243. The molecule has 0 amide bonds. The van der Waals surface area contributed by atoms with Crippen molar-refractivity contribution in [2.24, 2.45) is 0 Å². The van der Waals surface area contributed by atoms with Crippen LogP contribution in [0, 0.1) is 4.93 Å². The molecule has 0 saturated carbocycles. The number of aliphatic carboxylic acids is 1. The number of carboxylic acids is 1. The summed E-state index contributed by atoms with van der Waals surface area (Å²) in [6.45, 7) is 0. The molecule has 0 bridgehead atoms. The van der Waals surface area contributed by atoms with E-state index in [2.05, 4.69) is 4.93 Å². The first kappa shape index (κ1) is 17.7. The van der Waals surface area contributed by atoms with Gasteiger partial charge in [0.2, 0.25) is 0 Å². The Labute approximate surface area is 100 Å². The molecular weight excluding hydrogens is 367 g/mol. The Morgan fingerprint density at radius 3 is 1.50 bits per heavy atom. The Morgan fingerprint density at radius 2 is 1.50 bits per heavy atom. The molecular formula is C3H3Cl3IO2Zn-. The van der Waals surface area contributed by atoms with Crippen LogP contribution in [0.5, 0.6) is 0 Å². The molecule has 0 rings (SSSR count). The monoisotopic (exact) mass is 367 g/mol. The van der Waals surface area contributed by atoms with Gasteiger partial charge in [-0.3, -0.25) is 4.93 Å². The molecule has 10 heavy (non-hydrogen) atoms. The van der Waals surface area contributed by atoms with E-state index >= 15 is 0 Å². The van der Waals surface area contributed by atoms with Crippen LogP contribution in [0.2, 0.25) is 0 Å². The van der Waals surface area contributed by atoms with Gasteiger partial charge in [-0.1, -0.05) is 34.8 Å². The molecule has 0 aliphatic heterocycles. The summed E-state index contributed by atoms with van der Waals surface area (Å²) >= 11 is 16.3. The zero-order chi connectivity index (χ0) is 8.08. The minimum absolute atomic E-state index is 0. The third-order valence-corrected chi connectivity index (χ3v) is 0.728. The molecule has 0 heterocycles. The molecule has 1 N–H and O–H groups in total. The third kappa shape index (κ3) is 12.4. The van der Waals surface area contributed by atoms with Gasteiger partial charge in [-0.25, -0.2) is 4.79 Å². The fraction of sp³-hybridized carbons (Fsp3) is 0.333. The second kappa shape index (κ2) is 8.79. The van der Waals surface area contributed by atoms with Crippen LogP contribution in [0.3, 0.4) is 0 Å². The maximum atomic E-state index is 9.62. The molecule has 0 spiro atoms. The Balaban J connectivity index is -0.000000149. The van der Waals surface area contributed by atoms with Crippen LogP contribution in [-0.4, -0.2) is 14.9 Å². The van der Waals surface area contributed by atoms with E-state index in [1.54, 1.807) is 0 Å². The van der Waals surface area contributed by atoms with Crippen molar-refractivity contribution in [1.29, 1.82) is 0 Å². The summed E-state index contributed by atoms with van der Waals surface area (Å²) in [6, 6.07) is 0. The van der Waals surface area contributed by atoms with Gasteiger partial charge >= 0.3 is 5.97 Å². The van der Waals surface area contributed by atoms with Crippen molar-refractivity contribution >= 4 is 63.4 Å². The largest absolute Gasteiger partial charge is 0.478 e. The van der Waals surface area contributed by atoms with E-state index in [1.807, 2.05) is 22.6 Å². The number of alkyl halides is 3.